The monoisotopic (exact) mass is 148 g/mol. The van der Waals surface area contributed by atoms with Gasteiger partial charge in [0.15, 0.2) is 0 Å². The first-order chi connectivity index (χ1) is 5.43. The lowest BCUT2D eigenvalue weighted by atomic mass is 10.2. The average Bonchev–Trinajstić information content (AvgIpc) is 2.11. The molecule has 0 nitrogen and oxygen atoms in total. The Bertz CT molecular complexity index is 184. The molecule has 1 aromatic carbocycles. The van der Waals surface area contributed by atoms with Gasteiger partial charge in [0.05, 0.1) is 0 Å². The molecule has 0 aliphatic rings. The molecule has 60 valence electrons. The number of rotatable bonds is 1. The van der Waals surface area contributed by atoms with Crippen LogP contribution in [0.25, 0.3) is 6.08 Å². The predicted molar refractivity (Wildman–Crippen MR) is 52.5 cm³/mol. The van der Waals surface area contributed by atoms with Crippen molar-refractivity contribution in [3.8, 4) is 0 Å². The lowest BCUT2D eigenvalue weighted by molar-refractivity contribution is 1.50. The molecule has 0 saturated carbocycles. The molecule has 0 heterocycles. The van der Waals surface area contributed by atoms with Gasteiger partial charge in [-0.15, -0.1) is 0 Å². The number of hydrogen-bond acceptors (Lipinski definition) is 0. The highest BCUT2D eigenvalue weighted by Crippen LogP contribution is 1.99. The molecule has 0 aromatic heterocycles. The normalized spacial score (nSPS) is 9.00. The molecule has 0 spiro atoms. The Morgan fingerprint density at radius 2 is 1.55 bits per heavy atom. The van der Waals surface area contributed by atoms with Gasteiger partial charge in [-0.2, -0.15) is 0 Å². The van der Waals surface area contributed by atoms with E-state index in [0.717, 1.165) is 0 Å². The molecule has 0 fully saturated rings. The second kappa shape index (κ2) is 7.07. The van der Waals surface area contributed by atoms with Crippen LogP contribution in [0.5, 0.6) is 0 Å². The van der Waals surface area contributed by atoms with Crippen molar-refractivity contribution in [2.75, 3.05) is 0 Å². The van der Waals surface area contributed by atoms with Gasteiger partial charge in [-0.3, -0.25) is 0 Å². The van der Waals surface area contributed by atoms with Crippen LogP contribution in [-0.2, 0) is 0 Å². The van der Waals surface area contributed by atoms with Crippen molar-refractivity contribution in [1.82, 2.24) is 0 Å². The van der Waals surface area contributed by atoms with E-state index in [4.69, 9.17) is 0 Å². The highest BCUT2D eigenvalue weighted by molar-refractivity contribution is 5.47. The first-order valence-electron chi connectivity index (χ1n) is 4.11. The van der Waals surface area contributed by atoms with Crippen LogP contribution in [0.15, 0.2) is 36.4 Å². The van der Waals surface area contributed by atoms with Gasteiger partial charge in [-0.25, -0.2) is 0 Å². The SMILES string of the molecule is CC.CC=Cc1ccccc1. The minimum Gasteiger partial charge on any atom is -0.0871 e. The minimum absolute atomic E-state index is 1.26. The quantitative estimate of drug-likeness (QED) is 0.569. The lowest BCUT2D eigenvalue weighted by Crippen LogP contribution is -1.65. The fourth-order valence-corrected chi connectivity index (χ4v) is 0.757. The summed E-state index contributed by atoms with van der Waals surface area (Å²) in [7, 11) is 0. The van der Waals surface area contributed by atoms with E-state index in [1.54, 1.807) is 0 Å². The van der Waals surface area contributed by atoms with E-state index in [2.05, 4.69) is 18.2 Å². The molecule has 0 atom stereocenters. The first kappa shape index (κ1) is 9.96. The summed E-state index contributed by atoms with van der Waals surface area (Å²) in [5.74, 6) is 0. The standard InChI is InChI=1S/C9H10.C2H6/c1-2-6-9-7-4-3-5-8-9;1-2/h2-8H,1H3;1-2H3. The van der Waals surface area contributed by atoms with Crippen LogP contribution in [0.2, 0.25) is 0 Å². The third-order valence-electron chi connectivity index (χ3n) is 1.16. The summed E-state index contributed by atoms with van der Waals surface area (Å²) < 4.78 is 0. The van der Waals surface area contributed by atoms with Crippen LogP contribution in [-0.4, -0.2) is 0 Å². The molecule has 0 unspecified atom stereocenters. The molecule has 11 heavy (non-hydrogen) atoms. The molecule has 0 radical (unpaired) electrons. The molecule has 0 bridgehead atoms. The molecule has 0 heteroatoms. The molecule has 0 amide bonds. The number of allylic oxidation sites excluding steroid dienone is 1. The maximum absolute atomic E-state index is 2.08. The lowest BCUT2D eigenvalue weighted by Gasteiger charge is -1.86. The zero-order chi connectivity index (χ0) is 8.53. The van der Waals surface area contributed by atoms with E-state index in [1.807, 2.05) is 45.0 Å². The number of benzene rings is 1. The Hall–Kier alpha value is -1.04. The summed E-state index contributed by atoms with van der Waals surface area (Å²) in [6.07, 6.45) is 4.12. The summed E-state index contributed by atoms with van der Waals surface area (Å²) in [5, 5.41) is 0. The Morgan fingerprint density at radius 1 is 1.00 bits per heavy atom. The minimum atomic E-state index is 1.26. The first-order valence-corrected chi connectivity index (χ1v) is 4.11. The molecule has 0 aliphatic heterocycles. The molecular weight excluding hydrogens is 132 g/mol. The van der Waals surface area contributed by atoms with Gasteiger partial charge in [-0.1, -0.05) is 56.3 Å². The molecular formula is C11H16. The summed E-state index contributed by atoms with van der Waals surface area (Å²) in [6.45, 7) is 6.02. The largest absolute Gasteiger partial charge is 0.0871 e. The fourth-order valence-electron chi connectivity index (χ4n) is 0.757. The fraction of sp³-hybridized carbons (Fsp3) is 0.273. The Morgan fingerprint density at radius 3 is 2.00 bits per heavy atom. The summed E-state index contributed by atoms with van der Waals surface area (Å²) in [6, 6.07) is 10.3. The Kier molecular flexibility index (Phi) is 6.40. The van der Waals surface area contributed by atoms with E-state index >= 15 is 0 Å². The molecule has 0 saturated heterocycles. The van der Waals surface area contributed by atoms with E-state index < -0.39 is 0 Å². The smallest absolute Gasteiger partial charge is 0.0260 e. The van der Waals surface area contributed by atoms with Crippen LogP contribution >= 0.6 is 0 Å². The molecule has 0 aliphatic carbocycles. The predicted octanol–water partition coefficient (Wildman–Crippen LogP) is 3.75. The van der Waals surface area contributed by atoms with Crippen LogP contribution < -0.4 is 0 Å². The highest BCUT2D eigenvalue weighted by Gasteiger charge is 1.77. The van der Waals surface area contributed by atoms with Gasteiger partial charge in [0.2, 0.25) is 0 Å². The molecule has 1 rings (SSSR count). The van der Waals surface area contributed by atoms with Crippen LogP contribution in [0.4, 0.5) is 0 Å². The molecule has 0 N–H and O–H groups in total. The van der Waals surface area contributed by atoms with Crippen molar-refractivity contribution >= 4 is 6.08 Å². The summed E-state index contributed by atoms with van der Waals surface area (Å²) >= 11 is 0. The Labute approximate surface area is 69.6 Å². The van der Waals surface area contributed by atoms with Crippen LogP contribution in [0.1, 0.15) is 26.3 Å². The zero-order valence-corrected chi connectivity index (χ0v) is 7.54. The summed E-state index contributed by atoms with van der Waals surface area (Å²) in [4.78, 5) is 0. The Balaban J connectivity index is 0.000000461. The molecule has 1 aromatic rings. The van der Waals surface area contributed by atoms with Crippen molar-refractivity contribution < 1.29 is 0 Å². The van der Waals surface area contributed by atoms with E-state index in [1.165, 1.54) is 5.56 Å². The van der Waals surface area contributed by atoms with Crippen molar-refractivity contribution in [3.63, 3.8) is 0 Å². The van der Waals surface area contributed by atoms with Crippen LogP contribution in [0, 0.1) is 0 Å². The maximum Gasteiger partial charge on any atom is -0.0260 e. The van der Waals surface area contributed by atoms with E-state index in [9.17, 15) is 0 Å². The second-order valence-electron chi connectivity index (χ2n) is 1.91. The summed E-state index contributed by atoms with van der Waals surface area (Å²) in [5.41, 5.74) is 1.26. The number of hydrogen-bond donors (Lipinski definition) is 0. The van der Waals surface area contributed by atoms with Gasteiger partial charge in [-0.05, 0) is 12.5 Å². The highest BCUT2D eigenvalue weighted by atomic mass is 13.8. The van der Waals surface area contributed by atoms with Gasteiger partial charge < -0.3 is 0 Å². The topological polar surface area (TPSA) is 0 Å². The maximum atomic E-state index is 2.08. The van der Waals surface area contributed by atoms with Gasteiger partial charge in [0, 0.05) is 0 Å². The third kappa shape index (κ3) is 4.38. The average molecular weight is 148 g/mol. The zero-order valence-electron chi connectivity index (χ0n) is 7.54. The van der Waals surface area contributed by atoms with E-state index in [-0.39, 0.29) is 0 Å². The van der Waals surface area contributed by atoms with Gasteiger partial charge in [0.1, 0.15) is 0 Å². The van der Waals surface area contributed by atoms with Crippen LogP contribution in [0.3, 0.4) is 0 Å². The second-order valence-corrected chi connectivity index (χ2v) is 1.91. The van der Waals surface area contributed by atoms with Crippen molar-refractivity contribution in [2.45, 2.75) is 20.8 Å². The van der Waals surface area contributed by atoms with Crippen molar-refractivity contribution in [1.29, 1.82) is 0 Å². The third-order valence-corrected chi connectivity index (χ3v) is 1.16. The van der Waals surface area contributed by atoms with Gasteiger partial charge in [0.25, 0.3) is 0 Å². The van der Waals surface area contributed by atoms with Crippen molar-refractivity contribution in [2.24, 2.45) is 0 Å². The van der Waals surface area contributed by atoms with E-state index in [0.29, 0.717) is 0 Å². The van der Waals surface area contributed by atoms with Gasteiger partial charge >= 0.3 is 0 Å². The van der Waals surface area contributed by atoms with Crippen molar-refractivity contribution in [3.05, 3.63) is 42.0 Å².